The molecule has 3 rings (SSSR count). The first kappa shape index (κ1) is 28.1. The molecule has 194 valence electrons. The van der Waals surface area contributed by atoms with Crippen molar-refractivity contribution in [2.45, 2.75) is 46.5 Å². The van der Waals surface area contributed by atoms with Crippen LogP contribution in [0.2, 0.25) is 0 Å². The highest BCUT2D eigenvalue weighted by Gasteiger charge is 2.27. The van der Waals surface area contributed by atoms with Crippen molar-refractivity contribution in [1.82, 2.24) is 5.43 Å². The van der Waals surface area contributed by atoms with Crippen LogP contribution in [0.4, 0.5) is 0 Å². The number of hydrazone groups is 1. The molecule has 0 spiro atoms. The number of halogens is 1. The van der Waals surface area contributed by atoms with Gasteiger partial charge in [0.05, 0.1) is 11.8 Å². The Morgan fingerprint density at radius 2 is 1.57 bits per heavy atom. The maximum absolute atomic E-state index is 12.2. The van der Waals surface area contributed by atoms with E-state index in [4.69, 9.17) is 9.47 Å². The fraction of sp³-hybridized carbons (Fsp3) is 0.300. The summed E-state index contributed by atoms with van der Waals surface area (Å²) in [5, 5.41) is 3.96. The largest absolute Gasteiger partial charge is 0.484 e. The lowest BCUT2D eigenvalue weighted by atomic mass is 9.72. The molecule has 3 aromatic carbocycles. The van der Waals surface area contributed by atoms with Gasteiger partial charge in [-0.2, -0.15) is 5.10 Å². The Kier molecular flexibility index (Phi) is 9.27. The van der Waals surface area contributed by atoms with Gasteiger partial charge in [-0.3, -0.25) is 4.79 Å². The number of nitrogens with one attached hydrogen (secondary N) is 1. The normalized spacial score (nSPS) is 11.8. The van der Waals surface area contributed by atoms with Crippen LogP contribution >= 0.6 is 15.9 Å². The highest BCUT2D eigenvalue weighted by atomic mass is 79.9. The molecule has 1 N–H and O–H groups in total. The van der Waals surface area contributed by atoms with Gasteiger partial charge in [-0.25, -0.2) is 10.2 Å². The van der Waals surface area contributed by atoms with Crippen LogP contribution in [0, 0.1) is 5.41 Å². The molecule has 0 aliphatic rings. The zero-order valence-corrected chi connectivity index (χ0v) is 23.5. The molecule has 0 radical (unpaired) electrons. The van der Waals surface area contributed by atoms with E-state index in [9.17, 15) is 9.59 Å². The molecule has 1 amide bonds. The average Bonchev–Trinajstić information content (AvgIpc) is 2.82. The highest BCUT2D eigenvalue weighted by Crippen LogP contribution is 2.36. The third-order valence-corrected chi connectivity index (χ3v) is 6.03. The van der Waals surface area contributed by atoms with E-state index in [-0.39, 0.29) is 23.3 Å². The zero-order chi connectivity index (χ0) is 27.1. The van der Waals surface area contributed by atoms with Crippen molar-refractivity contribution in [1.29, 1.82) is 0 Å². The molecule has 3 aromatic rings. The van der Waals surface area contributed by atoms with Gasteiger partial charge in [-0.15, -0.1) is 0 Å². The number of nitrogens with zero attached hydrogens (tertiary/aromatic N) is 1. The number of esters is 1. The minimum atomic E-state index is -0.446. The van der Waals surface area contributed by atoms with Crippen molar-refractivity contribution in [2.24, 2.45) is 10.5 Å². The molecule has 0 aromatic heterocycles. The number of hydrogen-bond donors (Lipinski definition) is 1. The Balaban J connectivity index is 1.45. The van der Waals surface area contributed by atoms with Crippen molar-refractivity contribution in [3.8, 4) is 11.5 Å². The van der Waals surface area contributed by atoms with Crippen LogP contribution in [-0.4, -0.2) is 24.7 Å². The van der Waals surface area contributed by atoms with E-state index in [0.29, 0.717) is 17.1 Å². The first-order valence-electron chi connectivity index (χ1n) is 12.0. The maximum Gasteiger partial charge on any atom is 0.343 e. The van der Waals surface area contributed by atoms with Crippen molar-refractivity contribution in [2.75, 3.05) is 6.61 Å². The van der Waals surface area contributed by atoms with Crippen LogP contribution in [0.3, 0.4) is 0 Å². The van der Waals surface area contributed by atoms with Gasteiger partial charge in [-0.05, 0) is 83.0 Å². The molecule has 0 aliphatic heterocycles. The van der Waals surface area contributed by atoms with E-state index in [1.807, 2.05) is 18.2 Å². The summed E-state index contributed by atoms with van der Waals surface area (Å²) in [6.45, 7) is 11.1. The predicted molar refractivity (Wildman–Crippen MR) is 150 cm³/mol. The summed E-state index contributed by atoms with van der Waals surface area (Å²) in [6, 6.07) is 21.7. The Morgan fingerprint density at radius 3 is 2.19 bits per heavy atom. The predicted octanol–water partition coefficient (Wildman–Crippen LogP) is 6.91. The van der Waals surface area contributed by atoms with Crippen molar-refractivity contribution in [3.63, 3.8) is 0 Å². The van der Waals surface area contributed by atoms with E-state index < -0.39 is 5.97 Å². The molecular weight excluding hydrogens is 532 g/mol. The molecule has 0 aliphatic carbocycles. The minimum absolute atomic E-state index is 0.0437. The quantitative estimate of drug-likeness (QED) is 0.132. The van der Waals surface area contributed by atoms with Crippen molar-refractivity contribution >= 4 is 34.0 Å². The molecule has 0 heterocycles. The van der Waals surface area contributed by atoms with Gasteiger partial charge in [-0.1, -0.05) is 68.7 Å². The average molecular weight is 566 g/mol. The van der Waals surface area contributed by atoms with Gasteiger partial charge in [0, 0.05) is 4.47 Å². The number of carbonyl (C=O) groups is 2. The van der Waals surface area contributed by atoms with Crippen LogP contribution < -0.4 is 14.9 Å². The summed E-state index contributed by atoms with van der Waals surface area (Å²) >= 11 is 3.34. The van der Waals surface area contributed by atoms with Gasteiger partial charge in [0.2, 0.25) is 0 Å². The third-order valence-electron chi connectivity index (χ3n) is 5.53. The molecular formula is C30H33BrN2O4. The van der Waals surface area contributed by atoms with Gasteiger partial charge < -0.3 is 9.47 Å². The zero-order valence-electron chi connectivity index (χ0n) is 21.9. The molecule has 0 bridgehead atoms. The number of benzene rings is 3. The molecule has 0 atom stereocenters. The van der Waals surface area contributed by atoms with Gasteiger partial charge in [0.1, 0.15) is 11.5 Å². The van der Waals surface area contributed by atoms with Crippen LogP contribution in [0.1, 0.15) is 62.5 Å². The number of carbonyl (C=O) groups excluding carboxylic acids is 2. The summed E-state index contributed by atoms with van der Waals surface area (Å²) in [4.78, 5) is 24.4. The van der Waals surface area contributed by atoms with Crippen molar-refractivity contribution < 1.29 is 19.1 Å². The topological polar surface area (TPSA) is 77.0 Å². The van der Waals surface area contributed by atoms with E-state index in [1.54, 1.807) is 42.5 Å². The lowest BCUT2D eigenvalue weighted by Gasteiger charge is -2.33. The number of rotatable bonds is 9. The summed E-state index contributed by atoms with van der Waals surface area (Å²) in [6.07, 6.45) is 2.56. The number of hydrogen-bond acceptors (Lipinski definition) is 5. The standard InChI is InChI=1S/C30H33BrN2O4/c1-29(2,3)20-30(4,5)23-11-15-25(16-12-23)36-19-27(34)33-32-18-21-9-13-26(14-10-21)37-28(35)22-7-6-8-24(31)17-22/h6-18H,19-20H2,1-5H3,(H,33,34)/b32-18+. The SMILES string of the molecule is CC(C)(C)CC(C)(C)c1ccc(OCC(=O)N/N=C/c2ccc(OC(=O)c3cccc(Br)c3)cc2)cc1. The second-order valence-electron chi connectivity index (χ2n) is 10.7. The first-order valence-corrected chi connectivity index (χ1v) is 12.8. The lowest BCUT2D eigenvalue weighted by Crippen LogP contribution is -2.25. The van der Waals surface area contributed by atoms with E-state index in [1.165, 1.54) is 11.8 Å². The Morgan fingerprint density at radius 1 is 0.919 bits per heavy atom. The van der Waals surface area contributed by atoms with Crippen LogP contribution in [0.25, 0.3) is 0 Å². The highest BCUT2D eigenvalue weighted by molar-refractivity contribution is 9.10. The third kappa shape index (κ3) is 9.17. The van der Waals surface area contributed by atoms with Crippen molar-refractivity contribution in [3.05, 3.63) is 94.0 Å². The fourth-order valence-electron chi connectivity index (χ4n) is 4.19. The number of amides is 1. The first-order chi connectivity index (χ1) is 17.4. The second kappa shape index (κ2) is 12.2. The monoisotopic (exact) mass is 564 g/mol. The minimum Gasteiger partial charge on any atom is -0.484 e. The fourth-order valence-corrected chi connectivity index (χ4v) is 4.59. The molecule has 6 nitrogen and oxygen atoms in total. The summed E-state index contributed by atoms with van der Waals surface area (Å²) in [5.74, 6) is 0.223. The Bertz CT molecular complexity index is 1240. The van der Waals surface area contributed by atoms with E-state index in [0.717, 1.165) is 16.5 Å². The second-order valence-corrected chi connectivity index (χ2v) is 11.6. The Labute approximate surface area is 227 Å². The van der Waals surface area contributed by atoms with Gasteiger partial charge >= 0.3 is 5.97 Å². The molecule has 0 saturated carbocycles. The van der Waals surface area contributed by atoms with Crippen LogP contribution in [0.15, 0.2) is 82.4 Å². The summed E-state index contributed by atoms with van der Waals surface area (Å²) in [5.41, 5.74) is 5.14. The maximum atomic E-state index is 12.2. The number of ether oxygens (including phenoxy) is 2. The van der Waals surface area contributed by atoms with Gasteiger partial charge in [0.15, 0.2) is 6.61 Å². The Hall–Kier alpha value is -3.45. The lowest BCUT2D eigenvalue weighted by molar-refractivity contribution is -0.123. The van der Waals surface area contributed by atoms with Crippen LogP contribution in [0.5, 0.6) is 11.5 Å². The molecule has 0 saturated heterocycles. The van der Waals surface area contributed by atoms with E-state index in [2.05, 4.69) is 73.2 Å². The smallest absolute Gasteiger partial charge is 0.343 e. The van der Waals surface area contributed by atoms with Gasteiger partial charge in [0.25, 0.3) is 5.91 Å². The molecule has 37 heavy (non-hydrogen) atoms. The molecule has 0 unspecified atom stereocenters. The van der Waals surface area contributed by atoms with Crippen LogP contribution in [-0.2, 0) is 10.2 Å². The molecule has 7 heteroatoms. The summed E-state index contributed by atoms with van der Waals surface area (Å²) in [7, 11) is 0. The molecule has 0 fully saturated rings. The summed E-state index contributed by atoms with van der Waals surface area (Å²) < 4.78 is 11.8. The van der Waals surface area contributed by atoms with E-state index >= 15 is 0 Å².